The van der Waals surface area contributed by atoms with E-state index in [0.29, 0.717) is 13.0 Å². The number of rotatable bonds is 8. The summed E-state index contributed by atoms with van der Waals surface area (Å²) in [6.45, 7) is 7.73. The maximum Gasteiger partial charge on any atom is 0.305 e. The first-order chi connectivity index (χ1) is 9.03. The van der Waals surface area contributed by atoms with Crippen LogP contribution in [0.4, 0.5) is 0 Å². The van der Waals surface area contributed by atoms with Crippen LogP contribution in [0.5, 0.6) is 0 Å². The van der Waals surface area contributed by atoms with Gasteiger partial charge in [-0.25, -0.2) is 0 Å². The van der Waals surface area contributed by atoms with E-state index < -0.39 is 0 Å². The Labute approximate surface area is 118 Å². The van der Waals surface area contributed by atoms with Crippen LogP contribution in [0.3, 0.4) is 0 Å². The van der Waals surface area contributed by atoms with Gasteiger partial charge < -0.3 is 10.1 Å². The first-order valence-electron chi connectivity index (χ1n) is 7.94. The van der Waals surface area contributed by atoms with Crippen molar-refractivity contribution in [1.29, 1.82) is 0 Å². The molecule has 1 aliphatic rings. The largest absolute Gasteiger partial charge is 0.464 e. The summed E-state index contributed by atoms with van der Waals surface area (Å²) in [7, 11) is 0. The van der Waals surface area contributed by atoms with Gasteiger partial charge in [0.1, 0.15) is 6.61 Å². The summed E-state index contributed by atoms with van der Waals surface area (Å²) in [6, 6.07) is 0. The lowest BCUT2D eigenvalue weighted by molar-refractivity contribution is -0.146. The van der Waals surface area contributed by atoms with Crippen molar-refractivity contribution < 1.29 is 9.53 Å². The summed E-state index contributed by atoms with van der Waals surface area (Å²) in [6.07, 6.45) is 9.36. The molecule has 3 heteroatoms. The third kappa shape index (κ3) is 7.56. The summed E-state index contributed by atoms with van der Waals surface area (Å²) in [5.74, 6) is 0.726. The molecule has 112 valence electrons. The molecule has 0 heterocycles. The second-order valence-corrected chi connectivity index (χ2v) is 6.51. The topological polar surface area (TPSA) is 38.3 Å². The maximum absolute atomic E-state index is 11.8. The summed E-state index contributed by atoms with van der Waals surface area (Å²) in [4.78, 5) is 11.8. The fourth-order valence-electron chi connectivity index (χ4n) is 2.65. The Hall–Kier alpha value is -0.570. The van der Waals surface area contributed by atoms with E-state index >= 15 is 0 Å². The van der Waals surface area contributed by atoms with Crippen molar-refractivity contribution in [3.8, 4) is 0 Å². The van der Waals surface area contributed by atoms with Crippen LogP contribution < -0.4 is 5.32 Å². The zero-order valence-electron chi connectivity index (χ0n) is 13.0. The molecule has 0 amide bonds. The van der Waals surface area contributed by atoms with Crippen LogP contribution in [0.15, 0.2) is 0 Å². The minimum atomic E-state index is -0.115. The molecule has 0 atom stereocenters. The molecule has 0 bridgehead atoms. The molecule has 0 aliphatic heterocycles. The van der Waals surface area contributed by atoms with Crippen molar-refractivity contribution >= 4 is 5.97 Å². The van der Waals surface area contributed by atoms with Gasteiger partial charge in [-0.3, -0.25) is 4.79 Å². The molecule has 0 unspecified atom stereocenters. The highest BCUT2D eigenvalue weighted by Gasteiger charge is 2.20. The van der Waals surface area contributed by atoms with Gasteiger partial charge >= 0.3 is 5.97 Å². The molecule has 0 saturated heterocycles. The van der Waals surface area contributed by atoms with Gasteiger partial charge in [0.15, 0.2) is 0 Å². The van der Waals surface area contributed by atoms with Crippen molar-refractivity contribution in [3.05, 3.63) is 0 Å². The summed E-state index contributed by atoms with van der Waals surface area (Å²) in [5.41, 5.74) is -0.115. The smallest absolute Gasteiger partial charge is 0.305 e. The second-order valence-electron chi connectivity index (χ2n) is 6.51. The Kier molecular flexibility index (Phi) is 7.44. The van der Waals surface area contributed by atoms with E-state index in [4.69, 9.17) is 4.74 Å². The highest BCUT2D eigenvalue weighted by atomic mass is 16.5. The quantitative estimate of drug-likeness (QED) is 0.683. The third-order valence-electron chi connectivity index (χ3n) is 3.93. The Bertz CT molecular complexity index is 257. The number of hydrogen-bond acceptors (Lipinski definition) is 3. The van der Waals surface area contributed by atoms with Crippen LogP contribution in [0.1, 0.15) is 72.1 Å². The fraction of sp³-hybridized carbons (Fsp3) is 0.938. The monoisotopic (exact) mass is 269 g/mol. The number of hydrogen-bond donors (Lipinski definition) is 1. The molecule has 1 rings (SSSR count). The molecular formula is C16H31NO2. The molecule has 1 aliphatic carbocycles. The van der Waals surface area contributed by atoms with E-state index in [-0.39, 0.29) is 11.5 Å². The first kappa shape index (κ1) is 16.5. The highest BCUT2D eigenvalue weighted by Crippen LogP contribution is 2.27. The normalized spacial score (nSPS) is 17.4. The average Bonchev–Trinajstić information content (AvgIpc) is 2.42. The Balaban J connectivity index is 2.12. The molecule has 3 nitrogen and oxygen atoms in total. The molecule has 0 radical (unpaired) electrons. The van der Waals surface area contributed by atoms with E-state index in [9.17, 15) is 4.79 Å². The van der Waals surface area contributed by atoms with Crippen molar-refractivity contribution in [2.45, 2.75) is 77.7 Å². The number of carbonyl (C=O) groups excluding carboxylic acids is 1. The van der Waals surface area contributed by atoms with Gasteiger partial charge in [-0.05, 0) is 39.2 Å². The van der Waals surface area contributed by atoms with Gasteiger partial charge in [0.05, 0.1) is 0 Å². The molecule has 0 spiro atoms. The predicted molar refractivity (Wildman–Crippen MR) is 79.1 cm³/mol. The van der Waals surface area contributed by atoms with Gasteiger partial charge in [-0.15, -0.1) is 0 Å². The summed E-state index contributed by atoms with van der Waals surface area (Å²) < 4.78 is 5.39. The van der Waals surface area contributed by atoms with Gasteiger partial charge in [-0.2, -0.15) is 0 Å². The molecule has 0 aromatic heterocycles. The first-order valence-corrected chi connectivity index (χ1v) is 7.94. The Morgan fingerprint density at radius 1 is 1.26 bits per heavy atom. The van der Waals surface area contributed by atoms with Crippen LogP contribution >= 0.6 is 0 Å². The maximum atomic E-state index is 11.8. The molecule has 0 aromatic carbocycles. The lowest BCUT2D eigenvalue weighted by atomic mass is 9.86. The molecule has 1 N–H and O–H groups in total. The lowest BCUT2D eigenvalue weighted by Gasteiger charge is -2.26. The van der Waals surface area contributed by atoms with Crippen LogP contribution in [-0.2, 0) is 9.53 Å². The summed E-state index contributed by atoms with van der Waals surface area (Å²) in [5, 5.41) is 3.39. The number of ether oxygens (including phenoxy) is 1. The summed E-state index contributed by atoms with van der Waals surface area (Å²) >= 11 is 0. The van der Waals surface area contributed by atoms with Crippen LogP contribution in [0, 0.1) is 5.92 Å². The van der Waals surface area contributed by atoms with Crippen LogP contribution in [0.2, 0.25) is 0 Å². The van der Waals surface area contributed by atoms with E-state index in [2.05, 4.69) is 26.1 Å². The standard InChI is InChI=1S/C16H31NO2/c1-4-12-17-16(2,3)13-19-15(18)11-10-14-8-6-5-7-9-14/h14,17H,4-13H2,1-3H3. The number of carbonyl (C=O) groups is 1. The predicted octanol–water partition coefficient (Wildman–Crippen LogP) is 3.67. The van der Waals surface area contributed by atoms with E-state index in [1.54, 1.807) is 0 Å². The van der Waals surface area contributed by atoms with Crippen LogP contribution in [-0.4, -0.2) is 24.7 Å². The SMILES string of the molecule is CCCNC(C)(C)COC(=O)CCC1CCCCC1. The van der Waals surface area contributed by atoms with Crippen LogP contribution in [0.25, 0.3) is 0 Å². The molecule has 1 fully saturated rings. The van der Waals surface area contributed by atoms with Crippen molar-refractivity contribution in [1.82, 2.24) is 5.32 Å². The fourth-order valence-corrected chi connectivity index (χ4v) is 2.65. The lowest BCUT2D eigenvalue weighted by Crippen LogP contribution is -2.44. The van der Waals surface area contributed by atoms with Crippen molar-refractivity contribution in [3.63, 3.8) is 0 Å². The molecule has 19 heavy (non-hydrogen) atoms. The average molecular weight is 269 g/mol. The van der Waals surface area contributed by atoms with E-state index in [1.807, 2.05) is 0 Å². The highest BCUT2D eigenvalue weighted by molar-refractivity contribution is 5.69. The minimum Gasteiger partial charge on any atom is -0.464 e. The Morgan fingerprint density at radius 2 is 1.95 bits per heavy atom. The molecule has 0 aromatic rings. The van der Waals surface area contributed by atoms with Crippen molar-refractivity contribution in [2.75, 3.05) is 13.2 Å². The van der Waals surface area contributed by atoms with Gasteiger partial charge in [0.2, 0.25) is 0 Å². The van der Waals surface area contributed by atoms with Gasteiger partial charge in [0, 0.05) is 12.0 Å². The van der Waals surface area contributed by atoms with Crippen molar-refractivity contribution in [2.24, 2.45) is 5.92 Å². The second kappa shape index (κ2) is 8.57. The Morgan fingerprint density at radius 3 is 2.58 bits per heavy atom. The van der Waals surface area contributed by atoms with E-state index in [1.165, 1.54) is 32.1 Å². The zero-order chi connectivity index (χ0) is 14.1. The number of nitrogens with one attached hydrogen (secondary N) is 1. The van der Waals surface area contributed by atoms with Gasteiger partial charge in [0.25, 0.3) is 0 Å². The minimum absolute atomic E-state index is 0.0306. The van der Waals surface area contributed by atoms with E-state index in [0.717, 1.165) is 25.3 Å². The molecule has 1 saturated carbocycles. The third-order valence-corrected chi connectivity index (χ3v) is 3.93. The zero-order valence-corrected chi connectivity index (χ0v) is 13.0. The molecular weight excluding hydrogens is 238 g/mol. The van der Waals surface area contributed by atoms with Gasteiger partial charge in [-0.1, -0.05) is 39.0 Å². The number of esters is 1.